The Balaban J connectivity index is 1.97. The average molecular weight is 526 g/mol. The molecule has 38 heavy (non-hydrogen) atoms. The molecule has 0 heterocycles. The van der Waals surface area contributed by atoms with E-state index in [-0.39, 0.29) is 22.6 Å². The number of hydrogen-bond donors (Lipinski definition) is 11. The third-order valence-electron chi connectivity index (χ3n) is 6.58. The zero-order valence-electron chi connectivity index (χ0n) is 20.0. The number of phenolic OH excluding ortho intramolecular Hbond substituents is 5. The lowest BCUT2D eigenvalue weighted by atomic mass is 9.84. The van der Waals surface area contributed by atoms with Gasteiger partial charge in [-0.05, 0) is 52.8 Å². The lowest BCUT2D eigenvalue weighted by Gasteiger charge is -2.27. The predicted octanol–water partition coefficient (Wildman–Crippen LogP) is 3.14. The van der Waals surface area contributed by atoms with Gasteiger partial charge in [0.15, 0.2) is 28.8 Å². The Bertz CT molecular complexity index is 1460. The molecular formula is C27H27NO10. The van der Waals surface area contributed by atoms with Crippen LogP contribution in [0.5, 0.6) is 28.7 Å². The number of phenols is 5. The first-order valence-corrected chi connectivity index (χ1v) is 11.4. The van der Waals surface area contributed by atoms with Crippen LogP contribution in [0.3, 0.4) is 0 Å². The second-order valence-electron chi connectivity index (χ2n) is 9.20. The molecule has 3 unspecified atom stereocenters. The molecule has 0 aromatic heterocycles. The number of benzene rings is 3. The van der Waals surface area contributed by atoms with E-state index in [9.17, 15) is 51.1 Å². The summed E-state index contributed by atoms with van der Waals surface area (Å²) in [6.45, 7) is 1.83. The van der Waals surface area contributed by atoms with Gasteiger partial charge < -0.3 is 56.8 Å². The van der Waals surface area contributed by atoms with Crippen LogP contribution in [-0.2, 0) is 6.42 Å². The van der Waals surface area contributed by atoms with Crippen molar-refractivity contribution >= 4 is 11.3 Å². The Hall–Kier alpha value is -4.74. The summed E-state index contributed by atoms with van der Waals surface area (Å²) in [5.74, 6) is -8.59. The van der Waals surface area contributed by atoms with E-state index in [0.717, 1.165) is 5.56 Å². The molecule has 0 fully saturated rings. The van der Waals surface area contributed by atoms with Crippen molar-refractivity contribution < 1.29 is 51.1 Å². The van der Waals surface area contributed by atoms with Crippen molar-refractivity contribution in [3.8, 4) is 39.9 Å². The van der Waals surface area contributed by atoms with Crippen molar-refractivity contribution in [1.82, 2.24) is 0 Å². The van der Waals surface area contributed by atoms with E-state index < -0.39 is 63.8 Å². The number of aliphatic hydroxyl groups excluding tert-OH is 5. The fourth-order valence-corrected chi connectivity index (χ4v) is 4.53. The van der Waals surface area contributed by atoms with E-state index in [4.69, 9.17) is 5.73 Å². The Morgan fingerprint density at radius 3 is 1.89 bits per heavy atom. The minimum absolute atomic E-state index is 0.00544. The van der Waals surface area contributed by atoms with E-state index in [1.807, 2.05) is 13.0 Å². The van der Waals surface area contributed by atoms with Crippen LogP contribution in [0.1, 0.15) is 29.5 Å². The fraction of sp³-hybridized carbons (Fsp3) is 0.185. The van der Waals surface area contributed by atoms with Gasteiger partial charge >= 0.3 is 0 Å². The van der Waals surface area contributed by atoms with Gasteiger partial charge in [-0.2, -0.15) is 0 Å². The van der Waals surface area contributed by atoms with Crippen molar-refractivity contribution in [2.45, 2.75) is 31.5 Å². The molecule has 3 aromatic rings. The van der Waals surface area contributed by atoms with Crippen LogP contribution >= 0.6 is 0 Å². The van der Waals surface area contributed by atoms with E-state index in [0.29, 0.717) is 17.7 Å². The maximum absolute atomic E-state index is 10.6. The zero-order chi connectivity index (χ0) is 28.0. The lowest BCUT2D eigenvalue weighted by Crippen LogP contribution is -2.34. The number of aromatic hydroxyl groups is 5. The molecule has 0 bridgehead atoms. The number of aliphatic hydroxyl groups is 5. The molecule has 200 valence electrons. The molecule has 11 heteroatoms. The Labute approximate surface area is 216 Å². The highest BCUT2D eigenvalue weighted by Gasteiger charge is 2.37. The number of hydrogen-bond acceptors (Lipinski definition) is 11. The molecule has 0 saturated heterocycles. The topological polar surface area (TPSA) is 228 Å². The van der Waals surface area contributed by atoms with Crippen LogP contribution in [0.25, 0.3) is 16.7 Å². The van der Waals surface area contributed by atoms with Gasteiger partial charge in [-0.1, -0.05) is 31.2 Å². The molecule has 0 saturated carbocycles. The van der Waals surface area contributed by atoms with Crippen molar-refractivity contribution in [3.05, 3.63) is 76.4 Å². The molecule has 0 amide bonds. The maximum atomic E-state index is 10.6. The Kier molecular flexibility index (Phi) is 6.66. The second kappa shape index (κ2) is 9.61. The highest BCUT2D eigenvalue weighted by atomic mass is 16.4. The van der Waals surface area contributed by atoms with Gasteiger partial charge in [0, 0.05) is 11.3 Å². The zero-order valence-corrected chi connectivity index (χ0v) is 20.0. The largest absolute Gasteiger partial charge is 0.506 e. The van der Waals surface area contributed by atoms with E-state index >= 15 is 0 Å². The van der Waals surface area contributed by atoms with Crippen LogP contribution in [0.15, 0.2) is 59.7 Å². The number of nitrogen functional groups attached to an aromatic ring is 1. The van der Waals surface area contributed by atoms with Crippen LogP contribution in [-0.4, -0.2) is 63.3 Å². The molecule has 11 nitrogen and oxygen atoms in total. The highest BCUT2D eigenvalue weighted by molar-refractivity contribution is 5.87. The first-order valence-electron chi connectivity index (χ1n) is 11.4. The summed E-state index contributed by atoms with van der Waals surface area (Å²) in [5.41, 5.74) is 6.92. The molecule has 1 aliphatic carbocycles. The second-order valence-corrected chi connectivity index (χ2v) is 9.20. The Morgan fingerprint density at radius 2 is 1.29 bits per heavy atom. The summed E-state index contributed by atoms with van der Waals surface area (Å²) >= 11 is 0. The maximum Gasteiger partial charge on any atom is 0.208 e. The van der Waals surface area contributed by atoms with E-state index in [1.54, 1.807) is 18.2 Å². The summed E-state index contributed by atoms with van der Waals surface area (Å²) in [4.78, 5) is 0. The van der Waals surface area contributed by atoms with Crippen molar-refractivity contribution in [2.75, 3.05) is 5.73 Å². The number of anilines is 1. The molecule has 0 aliphatic heterocycles. The summed E-state index contributed by atoms with van der Waals surface area (Å²) in [5, 5.41) is 102. The van der Waals surface area contributed by atoms with Gasteiger partial charge in [0.1, 0.15) is 12.2 Å². The smallest absolute Gasteiger partial charge is 0.208 e. The van der Waals surface area contributed by atoms with Gasteiger partial charge in [0.25, 0.3) is 0 Å². The van der Waals surface area contributed by atoms with Crippen molar-refractivity contribution in [1.29, 1.82) is 0 Å². The van der Waals surface area contributed by atoms with Gasteiger partial charge in [0.05, 0.1) is 5.56 Å². The third kappa shape index (κ3) is 4.33. The molecule has 3 atom stereocenters. The number of rotatable bonds is 5. The average Bonchev–Trinajstić information content (AvgIpc) is 2.88. The molecule has 4 rings (SSSR count). The minimum Gasteiger partial charge on any atom is -0.506 e. The van der Waals surface area contributed by atoms with Gasteiger partial charge in [-0.15, -0.1) is 0 Å². The summed E-state index contributed by atoms with van der Waals surface area (Å²) < 4.78 is 0. The Morgan fingerprint density at radius 1 is 0.711 bits per heavy atom. The van der Waals surface area contributed by atoms with E-state index in [1.165, 1.54) is 18.2 Å². The quantitative estimate of drug-likeness (QED) is 0.132. The summed E-state index contributed by atoms with van der Waals surface area (Å²) in [6.07, 6.45) is -3.41. The van der Waals surface area contributed by atoms with Crippen LogP contribution < -0.4 is 5.73 Å². The fourth-order valence-electron chi connectivity index (χ4n) is 4.53. The normalized spacial score (nSPS) is 18.6. The monoisotopic (exact) mass is 525 g/mol. The summed E-state index contributed by atoms with van der Waals surface area (Å²) in [7, 11) is 0. The highest BCUT2D eigenvalue weighted by Crippen LogP contribution is 2.55. The molecule has 3 aromatic carbocycles. The SMILES string of the molecule is CC(Cc1cccc(N)c1)c1cc(C2=C(O)C(O)=C(O)C(O)C2O)cc(-c2c(O)c(O)c(O)c(O)c2O)c1. The molecule has 12 N–H and O–H groups in total. The van der Waals surface area contributed by atoms with Crippen molar-refractivity contribution in [2.24, 2.45) is 0 Å². The first-order chi connectivity index (χ1) is 17.8. The van der Waals surface area contributed by atoms with Gasteiger partial charge in [-0.25, -0.2) is 0 Å². The van der Waals surface area contributed by atoms with Crippen LogP contribution in [0.4, 0.5) is 5.69 Å². The van der Waals surface area contributed by atoms with Crippen molar-refractivity contribution in [3.63, 3.8) is 0 Å². The summed E-state index contributed by atoms with van der Waals surface area (Å²) in [6, 6.07) is 11.4. The number of nitrogens with two attached hydrogens (primary N) is 1. The van der Waals surface area contributed by atoms with E-state index in [2.05, 4.69) is 0 Å². The van der Waals surface area contributed by atoms with Crippen LogP contribution in [0, 0.1) is 0 Å². The van der Waals surface area contributed by atoms with Gasteiger partial charge in [-0.3, -0.25) is 0 Å². The predicted molar refractivity (Wildman–Crippen MR) is 137 cm³/mol. The molecular weight excluding hydrogens is 498 g/mol. The third-order valence-corrected chi connectivity index (χ3v) is 6.58. The molecule has 1 aliphatic rings. The molecule has 0 radical (unpaired) electrons. The van der Waals surface area contributed by atoms with Gasteiger partial charge in [0.2, 0.25) is 17.2 Å². The molecule has 0 spiro atoms. The first kappa shape index (κ1) is 26.3. The van der Waals surface area contributed by atoms with Crippen LogP contribution in [0.2, 0.25) is 0 Å². The standard InChI is InChI=1S/C27H27NO10/c1-10(5-11-3-2-4-15(28)6-11)12-7-13(16-18(29)22(33)26(37)23(34)19(16)30)9-14(8-12)17-20(31)24(35)27(38)25(36)21(17)32/h2-4,6-10,18,22,29-38H,5,28H2,1H3. The lowest BCUT2D eigenvalue weighted by molar-refractivity contribution is 0.0373. The minimum atomic E-state index is -1.97.